The van der Waals surface area contributed by atoms with Gasteiger partial charge in [-0.3, -0.25) is 4.79 Å². The molecule has 0 fully saturated rings. The number of nitrogens with one attached hydrogen (secondary N) is 1. The van der Waals surface area contributed by atoms with E-state index in [-0.39, 0.29) is 12.0 Å². The monoisotopic (exact) mass is 231 g/mol. The first-order valence-electron chi connectivity index (χ1n) is 6.08. The van der Waals surface area contributed by atoms with Crippen LogP contribution in [0.25, 0.3) is 0 Å². The molecule has 0 bridgehead atoms. The van der Waals surface area contributed by atoms with Crippen molar-refractivity contribution in [1.29, 1.82) is 0 Å². The number of aldehydes is 1. The normalized spacial score (nSPS) is 24.0. The Kier molecular flexibility index (Phi) is 3.91. The van der Waals surface area contributed by atoms with Crippen LogP contribution in [0.4, 0.5) is 0 Å². The molecule has 1 N–H and O–H groups in total. The van der Waals surface area contributed by atoms with E-state index < -0.39 is 0 Å². The van der Waals surface area contributed by atoms with Crippen molar-refractivity contribution in [3.05, 3.63) is 35.4 Å². The van der Waals surface area contributed by atoms with Gasteiger partial charge in [-0.05, 0) is 36.8 Å². The Bertz CT molecular complexity index is 403. The molecule has 2 rings (SSSR count). The highest BCUT2D eigenvalue weighted by atomic mass is 16.1. The Morgan fingerprint density at radius 2 is 1.94 bits per heavy atom. The summed E-state index contributed by atoms with van der Waals surface area (Å²) in [5.41, 5.74) is 2.45. The first-order valence-corrected chi connectivity index (χ1v) is 6.08. The van der Waals surface area contributed by atoms with E-state index in [2.05, 4.69) is 17.4 Å². The molecule has 0 spiro atoms. The van der Waals surface area contributed by atoms with Crippen molar-refractivity contribution in [3.8, 4) is 0 Å². The fourth-order valence-corrected chi connectivity index (χ4v) is 2.51. The highest BCUT2D eigenvalue weighted by Gasteiger charge is 2.20. The number of rotatable bonds is 3. The fourth-order valence-electron chi connectivity index (χ4n) is 2.51. The smallest absolute Gasteiger partial charge is 0.207 e. The molecule has 2 atom stereocenters. The Morgan fingerprint density at radius 3 is 2.71 bits per heavy atom. The molecule has 1 aromatic carbocycles. The van der Waals surface area contributed by atoms with Crippen molar-refractivity contribution in [2.75, 3.05) is 0 Å². The van der Waals surface area contributed by atoms with Crippen molar-refractivity contribution < 1.29 is 9.59 Å². The maximum absolute atomic E-state index is 10.9. The Balaban J connectivity index is 2.28. The minimum Gasteiger partial charge on any atom is -0.352 e. The number of carbonyl (C=O) groups is 2. The molecule has 90 valence electrons. The number of hydrogen-bond acceptors (Lipinski definition) is 2. The topological polar surface area (TPSA) is 46.2 Å². The second kappa shape index (κ2) is 5.62. The van der Waals surface area contributed by atoms with Gasteiger partial charge in [-0.15, -0.1) is 0 Å². The third kappa shape index (κ3) is 2.73. The van der Waals surface area contributed by atoms with Gasteiger partial charge in [0.05, 0.1) is 6.04 Å². The van der Waals surface area contributed by atoms with Gasteiger partial charge in [0.2, 0.25) is 6.41 Å². The van der Waals surface area contributed by atoms with E-state index in [1.807, 2.05) is 12.1 Å². The van der Waals surface area contributed by atoms with Crippen LogP contribution in [0.15, 0.2) is 24.3 Å². The van der Waals surface area contributed by atoms with E-state index in [0.717, 1.165) is 38.4 Å². The van der Waals surface area contributed by atoms with Gasteiger partial charge in [-0.1, -0.05) is 24.3 Å². The number of aryl methyl sites for hydroxylation is 1. The third-order valence-corrected chi connectivity index (χ3v) is 3.50. The zero-order valence-corrected chi connectivity index (χ0v) is 9.76. The van der Waals surface area contributed by atoms with Gasteiger partial charge in [0.25, 0.3) is 0 Å². The zero-order chi connectivity index (χ0) is 12.1. The molecule has 1 aliphatic carbocycles. The van der Waals surface area contributed by atoms with Crippen molar-refractivity contribution >= 4 is 12.7 Å². The summed E-state index contributed by atoms with van der Waals surface area (Å²) in [5.74, 6) is 0.124. The number of amides is 1. The largest absolute Gasteiger partial charge is 0.352 e. The molecule has 0 radical (unpaired) electrons. The van der Waals surface area contributed by atoms with Gasteiger partial charge in [0, 0.05) is 5.92 Å². The number of hydrogen-bond donors (Lipinski definition) is 1. The van der Waals surface area contributed by atoms with Crippen molar-refractivity contribution in [3.63, 3.8) is 0 Å². The van der Waals surface area contributed by atoms with Gasteiger partial charge in [-0.25, -0.2) is 0 Å². The van der Waals surface area contributed by atoms with Crippen LogP contribution in [0.2, 0.25) is 0 Å². The van der Waals surface area contributed by atoms with Crippen LogP contribution in [-0.2, 0) is 16.0 Å². The van der Waals surface area contributed by atoms with E-state index in [1.165, 1.54) is 11.1 Å². The van der Waals surface area contributed by atoms with Crippen LogP contribution in [0.1, 0.15) is 36.4 Å². The minimum absolute atomic E-state index is 0.0476. The van der Waals surface area contributed by atoms with E-state index in [1.54, 1.807) is 0 Å². The Hall–Kier alpha value is -1.64. The number of benzene rings is 1. The Labute approximate surface area is 101 Å². The van der Waals surface area contributed by atoms with Crippen molar-refractivity contribution in [2.45, 2.75) is 31.7 Å². The lowest BCUT2D eigenvalue weighted by molar-refractivity contribution is -0.111. The summed E-state index contributed by atoms with van der Waals surface area (Å²) in [5, 5.41) is 2.86. The van der Waals surface area contributed by atoms with Crippen LogP contribution >= 0.6 is 0 Å². The average molecular weight is 231 g/mol. The SMILES string of the molecule is O=CNC1CCC(C=O)CCc2ccccc21. The highest BCUT2D eigenvalue weighted by Crippen LogP contribution is 2.29. The summed E-state index contributed by atoms with van der Waals surface area (Å²) in [6, 6.07) is 8.21. The lowest BCUT2D eigenvalue weighted by atomic mass is 9.85. The molecule has 1 aromatic rings. The molecule has 17 heavy (non-hydrogen) atoms. The summed E-state index contributed by atoms with van der Waals surface area (Å²) in [7, 11) is 0. The molecule has 3 nitrogen and oxygen atoms in total. The predicted molar refractivity (Wildman–Crippen MR) is 65.5 cm³/mol. The number of carbonyl (C=O) groups excluding carboxylic acids is 2. The molecule has 0 aliphatic heterocycles. The zero-order valence-electron chi connectivity index (χ0n) is 9.76. The first kappa shape index (κ1) is 11.8. The molecule has 0 saturated carbocycles. The molecular weight excluding hydrogens is 214 g/mol. The van der Waals surface area contributed by atoms with Crippen LogP contribution in [0.3, 0.4) is 0 Å². The molecule has 2 unspecified atom stereocenters. The first-order chi connectivity index (χ1) is 8.35. The molecule has 3 heteroatoms. The number of fused-ring (bicyclic) bond motifs is 1. The van der Waals surface area contributed by atoms with Crippen molar-refractivity contribution in [1.82, 2.24) is 5.32 Å². The van der Waals surface area contributed by atoms with Crippen molar-refractivity contribution in [2.24, 2.45) is 5.92 Å². The molecule has 0 saturated heterocycles. The maximum Gasteiger partial charge on any atom is 0.207 e. The second-order valence-electron chi connectivity index (χ2n) is 4.55. The quantitative estimate of drug-likeness (QED) is 0.809. The lowest BCUT2D eigenvalue weighted by Gasteiger charge is -2.24. The van der Waals surface area contributed by atoms with Crippen LogP contribution in [-0.4, -0.2) is 12.7 Å². The second-order valence-corrected chi connectivity index (χ2v) is 4.55. The lowest BCUT2D eigenvalue weighted by Crippen LogP contribution is -2.24. The van der Waals surface area contributed by atoms with Gasteiger partial charge in [-0.2, -0.15) is 0 Å². The standard InChI is InChI=1S/C14H17NO2/c16-9-11-5-7-12-3-1-2-4-13(12)14(8-6-11)15-10-17/h1-4,9-11,14H,5-8H2,(H,15,17). The summed E-state index contributed by atoms with van der Waals surface area (Å²) >= 11 is 0. The predicted octanol–water partition coefficient (Wildman–Crippen LogP) is 2.02. The van der Waals surface area contributed by atoms with E-state index >= 15 is 0 Å². The molecule has 0 aromatic heterocycles. The minimum atomic E-state index is 0.0476. The van der Waals surface area contributed by atoms with E-state index in [0.29, 0.717) is 0 Å². The van der Waals surface area contributed by atoms with Crippen LogP contribution in [0, 0.1) is 5.92 Å². The summed E-state index contributed by atoms with van der Waals surface area (Å²) in [6.45, 7) is 0. The molecule has 1 aliphatic rings. The molecule has 1 amide bonds. The average Bonchev–Trinajstić information content (AvgIpc) is 2.35. The summed E-state index contributed by atoms with van der Waals surface area (Å²) in [6.07, 6.45) is 5.30. The summed E-state index contributed by atoms with van der Waals surface area (Å²) in [4.78, 5) is 21.6. The Morgan fingerprint density at radius 1 is 1.12 bits per heavy atom. The van der Waals surface area contributed by atoms with Gasteiger partial charge in [0.15, 0.2) is 0 Å². The van der Waals surface area contributed by atoms with Gasteiger partial charge >= 0.3 is 0 Å². The van der Waals surface area contributed by atoms with E-state index in [9.17, 15) is 9.59 Å². The third-order valence-electron chi connectivity index (χ3n) is 3.50. The fraction of sp³-hybridized carbons (Fsp3) is 0.429. The van der Waals surface area contributed by atoms with Crippen LogP contribution in [0.5, 0.6) is 0 Å². The van der Waals surface area contributed by atoms with Crippen LogP contribution < -0.4 is 5.32 Å². The summed E-state index contributed by atoms with van der Waals surface area (Å²) < 4.78 is 0. The highest BCUT2D eigenvalue weighted by molar-refractivity contribution is 5.54. The van der Waals surface area contributed by atoms with Gasteiger partial charge in [0.1, 0.15) is 6.29 Å². The molecular formula is C14H17NO2. The van der Waals surface area contributed by atoms with Gasteiger partial charge < -0.3 is 10.1 Å². The molecule has 0 heterocycles. The maximum atomic E-state index is 10.9. The van der Waals surface area contributed by atoms with E-state index in [4.69, 9.17) is 0 Å².